The summed E-state index contributed by atoms with van der Waals surface area (Å²) < 4.78 is 5.32. The fourth-order valence-electron chi connectivity index (χ4n) is 1.66. The molecule has 0 N–H and O–H groups in total. The predicted octanol–water partition coefficient (Wildman–Crippen LogP) is 1.39. The second kappa shape index (κ2) is 1.73. The molecule has 1 saturated heterocycles. The van der Waals surface area contributed by atoms with Gasteiger partial charge in [-0.25, -0.2) is 0 Å². The lowest BCUT2D eigenvalue weighted by molar-refractivity contribution is 0.0903. The summed E-state index contributed by atoms with van der Waals surface area (Å²) >= 11 is 0. The lowest BCUT2D eigenvalue weighted by Gasteiger charge is -2.17. The molecule has 1 radical (unpaired) electrons. The van der Waals surface area contributed by atoms with Crippen LogP contribution in [0.3, 0.4) is 0 Å². The van der Waals surface area contributed by atoms with Gasteiger partial charge in [0.15, 0.2) is 0 Å². The van der Waals surface area contributed by atoms with E-state index in [0.29, 0.717) is 0 Å². The zero-order valence-corrected chi connectivity index (χ0v) is 5.02. The van der Waals surface area contributed by atoms with E-state index in [1.54, 1.807) is 5.92 Å². The molecule has 1 aliphatic heterocycles. The van der Waals surface area contributed by atoms with Crippen molar-refractivity contribution in [3.05, 3.63) is 5.92 Å². The molecule has 2 fully saturated rings. The first-order chi connectivity index (χ1) is 3.95. The molecule has 0 amide bonds. The van der Waals surface area contributed by atoms with Gasteiger partial charge in [-0.1, -0.05) is 0 Å². The maximum absolute atomic E-state index is 5.32. The van der Waals surface area contributed by atoms with Crippen molar-refractivity contribution in [3.63, 3.8) is 0 Å². The first kappa shape index (κ1) is 4.80. The van der Waals surface area contributed by atoms with Gasteiger partial charge in [-0.3, -0.25) is 0 Å². The second-order valence-corrected chi connectivity index (χ2v) is 2.87. The molecule has 1 atom stereocenters. The second-order valence-electron chi connectivity index (χ2n) is 2.87. The van der Waals surface area contributed by atoms with Crippen LogP contribution in [0.2, 0.25) is 0 Å². The molecule has 2 rings (SSSR count). The van der Waals surface area contributed by atoms with E-state index in [4.69, 9.17) is 4.74 Å². The van der Waals surface area contributed by atoms with Crippen LogP contribution < -0.4 is 0 Å². The average molecular weight is 111 g/mol. The van der Waals surface area contributed by atoms with Crippen molar-refractivity contribution >= 4 is 0 Å². The Kier molecular flexibility index (Phi) is 1.04. The third-order valence-corrected chi connectivity index (χ3v) is 2.14. The van der Waals surface area contributed by atoms with Crippen LogP contribution >= 0.6 is 0 Å². The normalized spacial score (nSPS) is 38.2. The van der Waals surface area contributed by atoms with Crippen molar-refractivity contribution < 1.29 is 4.74 Å². The molecule has 2 aliphatic rings. The topological polar surface area (TPSA) is 9.23 Å². The van der Waals surface area contributed by atoms with Gasteiger partial charge in [0, 0.05) is 12.5 Å². The van der Waals surface area contributed by atoms with Gasteiger partial charge in [-0.15, -0.1) is 0 Å². The maximum Gasteiger partial charge on any atom is 0.0528 e. The van der Waals surface area contributed by atoms with Crippen LogP contribution in [0.15, 0.2) is 0 Å². The fraction of sp³-hybridized carbons (Fsp3) is 0.857. The first-order valence-corrected chi connectivity index (χ1v) is 3.36. The minimum absolute atomic E-state index is 0.902. The highest BCUT2D eigenvalue weighted by Gasteiger charge is 2.29. The maximum atomic E-state index is 5.32. The van der Waals surface area contributed by atoms with E-state index >= 15 is 0 Å². The largest absolute Gasteiger partial charge is 0.381 e. The van der Waals surface area contributed by atoms with E-state index < -0.39 is 0 Å². The zero-order valence-electron chi connectivity index (χ0n) is 5.02. The molecule has 1 saturated carbocycles. The molecule has 0 aromatic rings. The molecular formula is C7H11O. The lowest BCUT2D eigenvalue weighted by Crippen LogP contribution is -2.15. The minimum Gasteiger partial charge on any atom is -0.381 e. The summed E-state index contributed by atoms with van der Waals surface area (Å²) in [6.45, 7) is 2.00. The van der Waals surface area contributed by atoms with Gasteiger partial charge in [0.25, 0.3) is 0 Å². The Hall–Kier alpha value is -0.0400. The summed E-state index contributed by atoms with van der Waals surface area (Å²) in [5, 5.41) is 0. The predicted molar refractivity (Wildman–Crippen MR) is 31.4 cm³/mol. The number of hydrogen-bond acceptors (Lipinski definition) is 1. The molecule has 8 heavy (non-hydrogen) atoms. The molecule has 1 unspecified atom stereocenters. The third-order valence-electron chi connectivity index (χ3n) is 2.14. The molecule has 1 heterocycles. The average Bonchev–Trinajstić information content (AvgIpc) is 2.12. The minimum atomic E-state index is 0.902. The SMILES string of the molecule is C1CC2COC[C]1C2. The van der Waals surface area contributed by atoms with Crippen molar-refractivity contribution in [1.29, 1.82) is 0 Å². The van der Waals surface area contributed by atoms with Crippen LogP contribution in [0, 0.1) is 11.8 Å². The van der Waals surface area contributed by atoms with E-state index in [-0.39, 0.29) is 0 Å². The molecule has 0 aromatic carbocycles. The summed E-state index contributed by atoms with van der Waals surface area (Å²) in [4.78, 5) is 0. The van der Waals surface area contributed by atoms with Crippen molar-refractivity contribution in [2.24, 2.45) is 5.92 Å². The Morgan fingerprint density at radius 1 is 1.50 bits per heavy atom. The highest BCUT2D eigenvalue weighted by atomic mass is 16.5. The van der Waals surface area contributed by atoms with Crippen molar-refractivity contribution in [1.82, 2.24) is 0 Å². The van der Waals surface area contributed by atoms with Crippen LogP contribution in [0.4, 0.5) is 0 Å². The molecule has 0 aromatic heterocycles. The van der Waals surface area contributed by atoms with E-state index in [2.05, 4.69) is 0 Å². The van der Waals surface area contributed by atoms with Gasteiger partial charge >= 0.3 is 0 Å². The Balaban J connectivity index is 2.03. The van der Waals surface area contributed by atoms with E-state index in [0.717, 1.165) is 19.1 Å². The highest BCUT2D eigenvalue weighted by Crippen LogP contribution is 2.36. The Morgan fingerprint density at radius 2 is 2.50 bits per heavy atom. The summed E-state index contributed by atoms with van der Waals surface area (Å²) in [5.74, 6) is 2.56. The fourth-order valence-corrected chi connectivity index (χ4v) is 1.66. The molecule has 45 valence electrons. The molecule has 1 aliphatic carbocycles. The summed E-state index contributed by atoms with van der Waals surface area (Å²) in [5.41, 5.74) is 0. The smallest absolute Gasteiger partial charge is 0.0528 e. The van der Waals surface area contributed by atoms with Crippen molar-refractivity contribution in [3.8, 4) is 0 Å². The monoisotopic (exact) mass is 111 g/mol. The van der Waals surface area contributed by atoms with Crippen LogP contribution in [0.25, 0.3) is 0 Å². The first-order valence-electron chi connectivity index (χ1n) is 3.36. The van der Waals surface area contributed by atoms with Crippen LogP contribution in [0.1, 0.15) is 19.3 Å². The Morgan fingerprint density at radius 3 is 3.25 bits per heavy atom. The lowest BCUT2D eigenvalue weighted by atomic mass is 10.0. The number of ether oxygens (including phenoxy) is 1. The standard InChI is InChI=1S/C7H11O/c1-2-7-3-6(1)4-8-5-7/h6H,1-5H2. The quantitative estimate of drug-likeness (QED) is 0.459. The van der Waals surface area contributed by atoms with Crippen molar-refractivity contribution in [2.75, 3.05) is 13.2 Å². The van der Waals surface area contributed by atoms with E-state index in [9.17, 15) is 0 Å². The number of fused-ring (bicyclic) bond motifs is 2. The number of hydrogen-bond donors (Lipinski definition) is 0. The van der Waals surface area contributed by atoms with Gasteiger partial charge in [0.1, 0.15) is 0 Å². The van der Waals surface area contributed by atoms with Crippen molar-refractivity contribution in [2.45, 2.75) is 19.3 Å². The van der Waals surface area contributed by atoms with E-state index in [1.165, 1.54) is 19.3 Å². The van der Waals surface area contributed by atoms with Gasteiger partial charge in [0.2, 0.25) is 0 Å². The zero-order chi connectivity index (χ0) is 5.40. The summed E-state index contributed by atoms with van der Waals surface area (Å²) in [6.07, 6.45) is 4.12. The van der Waals surface area contributed by atoms with Crippen LogP contribution in [0.5, 0.6) is 0 Å². The third kappa shape index (κ3) is 0.655. The van der Waals surface area contributed by atoms with Gasteiger partial charge in [0.05, 0.1) is 6.61 Å². The molecule has 1 heteroatoms. The molecule has 2 bridgehead atoms. The Bertz CT molecular complexity index is 76.4. The highest BCUT2D eigenvalue weighted by molar-refractivity contribution is 5.00. The van der Waals surface area contributed by atoms with Crippen LogP contribution in [-0.2, 0) is 4.74 Å². The van der Waals surface area contributed by atoms with Crippen LogP contribution in [-0.4, -0.2) is 13.2 Å². The van der Waals surface area contributed by atoms with E-state index in [1.807, 2.05) is 0 Å². The summed E-state index contributed by atoms with van der Waals surface area (Å²) in [6, 6.07) is 0. The van der Waals surface area contributed by atoms with Gasteiger partial charge < -0.3 is 4.74 Å². The molecule has 1 nitrogen and oxygen atoms in total. The number of rotatable bonds is 0. The summed E-state index contributed by atoms with van der Waals surface area (Å²) in [7, 11) is 0. The molecular weight excluding hydrogens is 100 g/mol. The molecule has 0 spiro atoms. The van der Waals surface area contributed by atoms with Gasteiger partial charge in [-0.2, -0.15) is 0 Å². The van der Waals surface area contributed by atoms with Gasteiger partial charge in [-0.05, 0) is 25.2 Å². The Labute approximate surface area is 50.0 Å².